The van der Waals surface area contributed by atoms with Gasteiger partial charge in [0, 0.05) is 32.4 Å². The van der Waals surface area contributed by atoms with Crippen LogP contribution < -0.4 is 0 Å². The fourth-order valence-corrected chi connectivity index (χ4v) is 3.87. The van der Waals surface area contributed by atoms with Gasteiger partial charge in [0.05, 0.1) is 0 Å². The van der Waals surface area contributed by atoms with Crippen LogP contribution in [-0.2, 0) is 4.79 Å². The number of hydrogen-bond donors (Lipinski definition) is 0. The minimum atomic E-state index is -0.132. The molecule has 0 aliphatic carbocycles. The molecule has 0 aromatic carbocycles. The van der Waals surface area contributed by atoms with Gasteiger partial charge in [0.1, 0.15) is 11.6 Å². The zero-order valence-electron chi connectivity index (χ0n) is 15.0. The number of nitriles is 1. The predicted molar refractivity (Wildman–Crippen MR) is 91.5 cm³/mol. The summed E-state index contributed by atoms with van der Waals surface area (Å²) in [5, 5.41) is 9.45. The molecule has 2 aliphatic rings. The maximum Gasteiger partial charge on any atom is 0.265 e. The molecule has 2 unspecified atom stereocenters. The number of nitrogens with zero attached hydrogens (tertiary/aromatic N) is 4. The van der Waals surface area contributed by atoms with Gasteiger partial charge in [-0.3, -0.25) is 4.79 Å². The number of likely N-dealkylation sites (tertiary alicyclic amines) is 2. The van der Waals surface area contributed by atoms with Crippen LogP contribution in [-0.4, -0.2) is 66.9 Å². The minimum absolute atomic E-state index is 0.132. The predicted octanol–water partition coefficient (Wildman–Crippen LogP) is 1.92. The molecule has 2 saturated heterocycles. The highest BCUT2D eigenvalue weighted by Crippen LogP contribution is 2.22. The molecule has 0 aromatic rings. The Bertz CT molecular complexity index is 478. The summed E-state index contributed by atoms with van der Waals surface area (Å²) in [6.45, 7) is 8.34. The van der Waals surface area contributed by atoms with Gasteiger partial charge in [0.2, 0.25) is 0 Å². The summed E-state index contributed by atoms with van der Waals surface area (Å²) in [5.74, 6) is 1.08. The smallest absolute Gasteiger partial charge is 0.265 e. The van der Waals surface area contributed by atoms with E-state index in [4.69, 9.17) is 0 Å². The third kappa shape index (κ3) is 4.71. The van der Waals surface area contributed by atoms with Gasteiger partial charge in [0.15, 0.2) is 0 Å². The lowest BCUT2D eigenvalue weighted by Crippen LogP contribution is -2.45. The van der Waals surface area contributed by atoms with Crippen LogP contribution in [0.15, 0.2) is 11.8 Å². The normalized spacial score (nSPS) is 27.6. The maximum atomic E-state index is 12.7. The van der Waals surface area contributed by atoms with Gasteiger partial charge in [-0.1, -0.05) is 13.8 Å². The summed E-state index contributed by atoms with van der Waals surface area (Å²) in [5.41, 5.74) is 0.271. The molecule has 2 rings (SSSR count). The highest BCUT2D eigenvalue weighted by molar-refractivity contribution is 5.97. The second kappa shape index (κ2) is 7.83. The van der Waals surface area contributed by atoms with Gasteiger partial charge in [-0.15, -0.1) is 0 Å². The van der Waals surface area contributed by atoms with E-state index in [1.165, 1.54) is 6.42 Å². The molecule has 0 aromatic heterocycles. The van der Waals surface area contributed by atoms with Crippen molar-refractivity contribution in [3.05, 3.63) is 11.8 Å². The summed E-state index contributed by atoms with van der Waals surface area (Å²) >= 11 is 0. The molecule has 0 radical (unpaired) electrons. The number of piperidine rings is 2. The van der Waals surface area contributed by atoms with Crippen molar-refractivity contribution >= 4 is 5.91 Å². The first-order valence-corrected chi connectivity index (χ1v) is 8.72. The Morgan fingerprint density at radius 1 is 1.22 bits per heavy atom. The number of carbonyl (C=O) groups excluding carboxylic acids is 1. The van der Waals surface area contributed by atoms with Crippen molar-refractivity contribution in [1.29, 1.82) is 5.26 Å². The maximum absolute atomic E-state index is 12.7. The van der Waals surface area contributed by atoms with E-state index < -0.39 is 0 Å². The molecular formula is C18H30N4O. The highest BCUT2D eigenvalue weighted by Gasteiger charge is 2.27. The molecule has 2 fully saturated rings. The molecule has 0 spiro atoms. The SMILES string of the molecule is CC1CC(C)CN(/C=C(/C#N)C(=O)N(C)C2CCN(C)CC2)C1. The van der Waals surface area contributed by atoms with Crippen molar-refractivity contribution in [3.8, 4) is 6.07 Å². The van der Waals surface area contributed by atoms with Crippen LogP contribution >= 0.6 is 0 Å². The second-order valence-electron chi connectivity index (χ2n) is 7.51. The Balaban J connectivity index is 2.03. The number of likely N-dealkylation sites (N-methyl/N-ethyl adjacent to an activating group) is 1. The molecule has 2 aliphatic heterocycles. The lowest BCUT2D eigenvalue weighted by molar-refractivity contribution is -0.128. The number of carbonyl (C=O) groups is 1. The molecule has 0 N–H and O–H groups in total. The van der Waals surface area contributed by atoms with E-state index in [1.807, 2.05) is 7.05 Å². The van der Waals surface area contributed by atoms with Gasteiger partial charge >= 0.3 is 0 Å². The van der Waals surface area contributed by atoms with Gasteiger partial charge in [-0.25, -0.2) is 0 Å². The molecule has 5 heteroatoms. The van der Waals surface area contributed by atoms with Crippen LogP contribution in [0, 0.1) is 23.2 Å². The van der Waals surface area contributed by atoms with Crippen molar-refractivity contribution < 1.29 is 4.79 Å². The first-order chi connectivity index (χ1) is 10.9. The van der Waals surface area contributed by atoms with E-state index in [-0.39, 0.29) is 17.5 Å². The number of rotatable bonds is 3. The van der Waals surface area contributed by atoms with Gasteiger partial charge < -0.3 is 14.7 Å². The quantitative estimate of drug-likeness (QED) is 0.589. The third-order valence-corrected chi connectivity index (χ3v) is 5.12. The highest BCUT2D eigenvalue weighted by atomic mass is 16.2. The average molecular weight is 318 g/mol. The van der Waals surface area contributed by atoms with Gasteiger partial charge in [0.25, 0.3) is 5.91 Å². The lowest BCUT2D eigenvalue weighted by Gasteiger charge is -2.36. The largest absolute Gasteiger partial charge is 0.376 e. The van der Waals surface area contributed by atoms with E-state index >= 15 is 0 Å². The van der Waals surface area contributed by atoms with Crippen LogP contribution in [0.2, 0.25) is 0 Å². The molecule has 1 amide bonds. The summed E-state index contributed by atoms with van der Waals surface area (Å²) in [4.78, 5) is 18.9. The van der Waals surface area contributed by atoms with Crippen LogP contribution in [0.4, 0.5) is 0 Å². The minimum Gasteiger partial charge on any atom is -0.376 e. The molecule has 2 heterocycles. The summed E-state index contributed by atoms with van der Waals surface area (Å²) in [6, 6.07) is 2.37. The monoisotopic (exact) mass is 318 g/mol. The molecule has 0 bridgehead atoms. The second-order valence-corrected chi connectivity index (χ2v) is 7.51. The first-order valence-electron chi connectivity index (χ1n) is 8.72. The van der Waals surface area contributed by atoms with Crippen molar-refractivity contribution in [2.75, 3.05) is 40.3 Å². The van der Waals surface area contributed by atoms with Gasteiger partial charge in [-0.2, -0.15) is 5.26 Å². The van der Waals surface area contributed by atoms with Crippen LogP contribution in [0.5, 0.6) is 0 Å². The molecule has 23 heavy (non-hydrogen) atoms. The lowest BCUT2D eigenvalue weighted by atomic mass is 9.92. The Kier molecular flexibility index (Phi) is 6.06. The third-order valence-electron chi connectivity index (χ3n) is 5.12. The fourth-order valence-electron chi connectivity index (χ4n) is 3.87. The fraction of sp³-hybridized carbons (Fsp3) is 0.778. The standard InChI is InChI=1S/C18H30N4O/c1-14-9-15(2)12-22(11-14)13-16(10-19)18(23)21(4)17-5-7-20(3)8-6-17/h13-15,17H,5-9,11-12H2,1-4H3/b16-13-. The summed E-state index contributed by atoms with van der Waals surface area (Å²) in [6.07, 6.45) is 4.97. The number of amides is 1. The first kappa shape index (κ1) is 17.8. The van der Waals surface area contributed by atoms with E-state index in [1.54, 1.807) is 11.1 Å². The topological polar surface area (TPSA) is 50.6 Å². The van der Waals surface area contributed by atoms with Crippen molar-refractivity contribution in [2.24, 2.45) is 11.8 Å². The summed E-state index contributed by atoms with van der Waals surface area (Å²) in [7, 11) is 3.95. The Morgan fingerprint density at radius 2 is 1.78 bits per heavy atom. The molecule has 128 valence electrons. The molecule has 0 saturated carbocycles. The zero-order chi connectivity index (χ0) is 17.0. The van der Waals surface area contributed by atoms with Crippen LogP contribution in [0.3, 0.4) is 0 Å². The van der Waals surface area contributed by atoms with Crippen molar-refractivity contribution in [1.82, 2.24) is 14.7 Å². The van der Waals surface area contributed by atoms with Gasteiger partial charge in [-0.05, 0) is 51.2 Å². The Morgan fingerprint density at radius 3 is 2.30 bits per heavy atom. The van der Waals surface area contributed by atoms with Crippen LogP contribution in [0.1, 0.15) is 33.1 Å². The Labute approximate surface area is 140 Å². The number of hydrogen-bond acceptors (Lipinski definition) is 4. The molecule has 2 atom stereocenters. The van der Waals surface area contributed by atoms with E-state index in [9.17, 15) is 10.1 Å². The van der Waals surface area contributed by atoms with E-state index in [0.717, 1.165) is 39.0 Å². The average Bonchev–Trinajstić information content (AvgIpc) is 2.51. The van der Waals surface area contributed by atoms with Crippen LogP contribution in [0.25, 0.3) is 0 Å². The van der Waals surface area contributed by atoms with E-state index in [0.29, 0.717) is 11.8 Å². The van der Waals surface area contributed by atoms with Crippen molar-refractivity contribution in [2.45, 2.75) is 39.2 Å². The Hall–Kier alpha value is -1.54. The summed E-state index contributed by atoms with van der Waals surface area (Å²) < 4.78 is 0. The molecular weight excluding hydrogens is 288 g/mol. The van der Waals surface area contributed by atoms with Crippen molar-refractivity contribution in [3.63, 3.8) is 0 Å². The van der Waals surface area contributed by atoms with E-state index in [2.05, 4.69) is 36.8 Å². The zero-order valence-corrected chi connectivity index (χ0v) is 15.0. The molecule has 5 nitrogen and oxygen atoms in total.